The molecule has 3 rings (SSSR count). The molecule has 0 aliphatic carbocycles. The zero-order chi connectivity index (χ0) is 23.3. The lowest BCUT2D eigenvalue weighted by molar-refractivity contribution is 0.0187. The molecule has 32 heavy (non-hydrogen) atoms. The van der Waals surface area contributed by atoms with E-state index in [0.29, 0.717) is 25.6 Å². The minimum Gasteiger partial charge on any atom is -0.379 e. The average molecular weight is 481 g/mol. The third kappa shape index (κ3) is 5.80. The Balaban J connectivity index is 1.77. The molecular formula is C23H33ClN4O3S. The van der Waals surface area contributed by atoms with Crippen LogP contribution < -0.4 is 5.32 Å². The Morgan fingerprint density at radius 2 is 1.75 bits per heavy atom. The van der Waals surface area contributed by atoms with Crippen LogP contribution in [0.15, 0.2) is 47.5 Å². The first-order valence-electron chi connectivity index (χ1n) is 11.0. The molecule has 0 radical (unpaired) electrons. The van der Waals surface area contributed by atoms with Crippen LogP contribution in [0.1, 0.15) is 39.3 Å². The van der Waals surface area contributed by atoms with Gasteiger partial charge in [-0.3, -0.25) is 4.90 Å². The van der Waals surface area contributed by atoms with Gasteiger partial charge in [0.25, 0.3) is 0 Å². The highest BCUT2D eigenvalue weighted by Crippen LogP contribution is 2.29. The largest absolute Gasteiger partial charge is 0.379 e. The van der Waals surface area contributed by atoms with E-state index in [1.807, 2.05) is 52.0 Å². The summed E-state index contributed by atoms with van der Waals surface area (Å²) < 4.78 is 33.1. The van der Waals surface area contributed by atoms with Gasteiger partial charge in [0.15, 0.2) is 0 Å². The molecule has 7 nitrogen and oxygen atoms in total. The first kappa shape index (κ1) is 24.9. The van der Waals surface area contributed by atoms with Crippen molar-refractivity contribution in [3.8, 4) is 0 Å². The second-order valence-corrected chi connectivity index (χ2v) is 10.7. The maximum absolute atomic E-state index is 13.1. The van der Waals surface area contributed by atoms with Crippen LogP contribution in [-0.4, -0.2) is 67.5 Å². The van der Waals surface area contributed by atoms with E-state index < -0.39 is 10.0 Å². The van der Waals surface area contributed by atoms with Crippen molar-refractivity contribution in [2.24, 2.45) is 0 Å². The predicted octanol–water partition coefficient (Wildman–Crippen LogP) is 4.03. The molecule has 1 unspecified atom stereocenters. The van der Waals surface area contributed by atoms with Gasteiger partial charge in [0, 0.05) is 42.9 Å². The Morgan fingerprint density at radius 1 is 1.09 bits per heavy atom. The summed E-state index contributed by atoms with van der Waals surface area (Å²) in [6, 6.07) is 11.0. The lowest BCUT2D eigenvalue weighted by atomic mass is 10.0. The molecule has 9 heteroatoms. The molecular weight excluding hydrogens is 448 g/mol. The van der Waals surface area contributed by atoms with E-state index in [2.05, 4.69) is 15.2 Å². The van der Waals surface area contributed by atoms with Crippen molar-refractivity contribution in [1.82, 2.24) is 14.2 Å². The second-order valence-electron chi connectivity index (χ2n) is 8.47. The highest BCUT2D eigenvalue weighted by molar-refractivity contribution is 7.89. The molecule has 1 atom stereocenters. The average Bonchev–Trinajstić information content (AvgIpc) is 2.75. The molecule has 0 spiro atoms. The Bertz CT molecular complexity index is 969. The van der Waals surface area contributed by atoms with Crippen LogP contribution in [0.25, 0.3) is 0 Å². The standard InChI is InChI=1S/C23H33ClN4O3S/c1-17(2)28(18(3)4)32(29,30)19-9-10-23(25-15-19)26-16-22(27-11-13-31-14-12-27)20-7-5-6-8-21(20)24/h5-10,15,17-18,22H,11-14,16H2,1-4H3,(H,25,26). The van der Waals surface area contributed by atoms with Crippen molar-refractivity contribution >= 4 is 27.4 Å². The quantitative estimate of drug-likeness (QED) is 0.584. The zero-order valence-electron chi connectivity index (χ0n) is 19.2. The Morgan fingerprint density at radius 3 is 2.31 bits per heavy atom. The van der Waals surface area contributed by atoms with Crippen molar-refractivity contribution < 1.29 is 13.2 Å². The number of sulfonamides is 1. The van der Waals surface area contributed by atoms with Crippen LogP contribution in [-0.2, 0) is 14.8 Å². The van der Waals surface area contributed by atoms with Crippen LogP contribution in [0.3, 0.4) is 0 Å². The third-order valence-electron chi connectivity index (χ3n) is 5.56. The van der Waals surface area contributed by atoms with E-state index in [0.717, 1.165) is 23.7 Å². The lowest BCUT2D eigenvalue weighted by Gasteiger charge is -2.35. The smallest absolute Gasteiger partial charge is 0.245 e. The number of pyridine rings is 1. The normalized spacial score (nSPS) is 16.6. The number of halogens is 1. The summed E-state index contributed by atoms with van der Waals surface area (Å²) in [5, 5.41) is 4.09. The molecule has 0 amide bonds. The monoisotopic (exact) mass is 480 g/mol. The highest BCUT2D eigenvalue weighted by atomic mass is 35.5. The van der Waals surface area contributed by atoms with Crippen molar-refractivity contribution in [1.29, 1.82) is 0 Å². The fourth-order valence-corrected chi connectivity index (χ4v) is 6.22. The van der Waals surface area contributed by atoms with Crippen molar-refractivity contribution in [3.05, 3.63) is 53.2 Å². The number of ether oxygens (including phenoxy) is 1. The number of nitrogens with zero attached hydrogens (tertiary/aromatic N) is 3. The molecule has 1 aliphatic heterocycles. The fraction of sp³-hybridized carbons (Fsp3) is 0.522. The molecule has 1 saturated heterocycles. The third-order valence-corrected chi connectivity index (χ3v) is 8.14. The Labute approximate surface area is 196 Å². The lowest BCUT2D eigenvalue weighted by Crippen LogP contribution is -2.42. The summed E-state index contributed by atoms with van der Waals surface area (Å²) in [4.78, 5) is 6.93. The van der Waals surface area contributed by atoms with Gasteiger partial charge < -0.3 is 10.1 Å². The summed E-state index contributed by atoms with van der Waals surface area (Å²) >= 11 is 6.50. The van der Waals surface area contributed by atoms with E-state index in [4.69, 9.17) is 16.3 Å². The number of hydrogen-bond acceptors (Lipinski definition) is 6. The topological polar surface area (TPSA) is 74.8 Å². The van der Waals surface area contributed by atoms with Gasteiger partial charge in [0.05, 0.1) is 19.3 Å². The van der Waals surface area contributed by atoms with E-state index >= 15 is 0 Å². The van der Waals surface area contributed by atoms with Gasteiger partial charge in [-0.05, 0) is 51.5 Å². The van der Waals surface area contributed by atoms with Crippen LogP contribution in [0.4, 0.5) is 5.82 Å². The predicted molar refractivity (Wildman–Crippen MR) is 129 cm³/mol. The molecule has 1 N–H and O–H groups in total. The van der Waals surface area contributed by atoms with Gasteiger partial charge in [-0.1, -0.05) is 29.8 Å². The molecule has 2 aromatic rings. The molecule has 176 valence electrons. The van der Waals surface area contributed by atoms with Crippen molar-refractivity contribution in [3.63, 3.8) is 0 Å². The van der Waals surface area contributed by atoms with Crippen LogP contribution in [0.5, 0.6) is 0 Å². The molecule has 1 fully saturated rings. The summed E-state index contributed by atoms with van der Waals surface area (Å²) in [7, 11) is -3.61. The van der Waals surface area contributed by atoms with Gasteiger partial charge in [0.2, 0.25) is 10.0 Å². The van der Waals surface area contributed by atoms with E-state index in [9.17, 15) is 8.42 Å². The van der Waals surface area contributed by atoms with Crippen LogP contribution in [0.2, 0.25) is 5.02 Å². The number of aromatic nitrogens is 1. The Hall–Kier alpha value is -1.71. The molecule has 0 saturated carbocycles. The first-order chi connectivity index (χ1) is 15.2. The first-order valence-corrected chi connectivity index (χ1v) is 12.8. The number of benzene rings is 1. The Kier molecular flexibility index (Phi) is 8.52. The number of rotatable bonds is 9. The van der Waals surface area contributed by atoms with Gasteiger partial charge in [0.1, 0.15) is 10.7 Å². The maximum atomic E-state index is 13.1. The SMILES string of the molecule is CC(C)N(C(C)C)S(=O)(=O)c1ccc(NCC(c2ccccc2Cl)N2CCOCC2)nc1. The van der Waals surface area contributed by atoms with Gasteiger partial charge in [-0.25, -0.2) is 13.4 Å². The summed E-state index contributed by atoms with van der Waals surface area (Å²) in [5.74, 6) is 0.620. The number of hydrogen-bond donors (Lipinski definition) is 1. The van der Waals surface area contributed by atoms with E-state index in [1.54, 1.807) is 12.1 Å². The summed E-state index contributed by atoms with van der Waals surface area (Å²) in [6.45, 7) is 11.1. The second kappa shape index (κ2) is 10.9. The zero-order valence-corrected chi connectivity index (χ0v) is 20.7. The minimum atomic E-state index is -3.61. The van der Waals surface area contributed by atoms with E-state index in [-0.39, 0.29) is 23.0 Å². The van der Waals surface area contributed by atoms with Crippen molar-refractivity contribution in [2.45, 2.75) is 50.7 Å². The van der Waals surface area contributed by atoms with Crippen molar-refractivity contribution in [2.75, 3.05) is 38.2 Å². The molecule has 0 bridgehead atoms. The molecule has 1 aromatic heterocycles. The number of nitrogens with one attached hydrogen (secondary N) is 1. The van der Waals surface area contributed by atoms with Crippen LogP contribution in [0, 0.1) is 0 Å². The highest BCUT2D eigenvalue weighted by Gasteiger charge is 2.30. The summed E-state index contributed by atoms with van der Waals surface area (Å²) in [6.07, 6.45) is 1.43. The minimum absolute atomic E-state index is 0.0511. The molecule has 1 aromatic carbocycles. The molecule has 2 heterocycles. The van der Waals surface area contributed by atoms with Gasteiger partial charge >= 0.3 is 0 Å². The summed E-state index contributed by atoms with van der Waals surface area (Å²) in [5.41, 5.74) is 1.05. The number of anilines is 1. The maximum Gasteiger partial charge on any atom is 0.245 e. The van der Waals surface area contributed by atoms with Gasteiger partial charge in [-0.2, -0.15) is 4.31 Å². The molecule has 1 aliphatic rings. The number of morpholine rings is 1. The van der Waals surface area contributed by atoms with Crippen LogP contribution >= 0.6 is 11.6 Å². The van der Waals surface area contributed by atoms with Gasteiger partial charge in [-0.15, -0.1) is 0 Å². The fourth-order valence-electron chi connectivity index (χ4n) is 4.18. The van der Waals surface area contributed by atoms with E-state index in [1.165, 1.54) is 10.5 Å².